The van der Waals surface area contributed by atoms with E-state index in [9.17, 15) is 0 Å². The van der Waals surface area contributed by atoms with E-state index in [0.29, 0.717) is 0 Å². The van der Waals surface area contributed by atoms with E-state index in [1.807, 2.05) is 24.3 Å². The Morgan fingerprint density at radius 3 is 2.47 bits per heavy atom. The van der Waals surface area contributed by atoms with Crippen LogP contribution in [0.25, 0.3) is 0 Å². The summed E-state index contributed by atoms with van der Waals surface area (Å²) < 4.78 is 10.4. The predicted molar refractivity (Wildman–Crippen MR) is 75.1 cm³/mol. The monoisotopic (exact) mass is 254 g/mol. The van der Waals surface area contributed by atoms with Crippen molar-refractivity contribution in [1.82, 2.24) is 0 Å². The zero-order chi connectivity index (χ0) is 12.5. The van der Waals surface area contributed by atoms with Crippen LogP contribution in [0.15, 0.2) is 24.3 Å². The fourth-order valence-electron chi connectivity index (χ4n) is 1.60. The third-order valence-corrected chi connectivity index (χ3v) is 4.68. The molecule has 0 unspecified atom stereocenters. The lowest BCUT2D eigenvalue weighted by molar-refractivity contribution is -0.0441. The Morgan fingerprint density at radius 2 is 1.88 bits per heavy atom. The molecule has 1 aromatic carbocycles. The number of rotatable bonds is 8. The summed E-state index contributed by atoms with van der Waals surface area (Å²) in [4.78, 5) is 0. The Balaban J connectivity index is 2.10. The van der Waals surface area contributed by atoms with Gasteiger partial charge in [-0.05, 0) is 30.7 Å². The molecule has 0 amide bonds. The SMILES string of the molecule is COC(OC)[SiH2]CCCNc1ccc(N)cc1. The minimum absolute atomic E-state index is 0.0616. The molecule has 0 aliphatic heterocycles. The molecule has 0 saturated carbocycles. The average Bonchev–Trinajstić information content (AvgIpc) is 2.36. The molecule has 0 saturated heterocycles. The van der Waals surface area contributed by atoms with Crippen molar-refractivity contribution in [3.8, 4) is 0 Å². The van der Waals surface area contributed by atoms with Crippen molar-refractivity contribution in [2.24, 2.45) is 0 Å². The van der Waals surface area contributed by atoms with Gasteiger partial charge >= 0.3 is 0 Å². The fraction of sp³-hybridized carbons (Fsp3) is 0.500. The second-order valence-electron chi connectivity index (χ2n) is 3.95. The average molecular weight is 254 g/mol. The standard InChI is InChI=1S/C12H22N2O2Si/c1-15-12(16-2)17-9-3-8-14-11-6-4-10(13)5-7-11/h4-7,12,14H,3,8-9,13,17H2,1-2H3. The smallest absolute Gasteiger partial charge is 0.134 e. The summed E-state index contributed by atoms with van der Waals surface area (Å²) in [6.45, 7) is 0.983. The molecular weight excluding hydrogens is 232 g/mol. The van der Waals surface area contributed by atoms with E-state index >= 15 is 0 Å². The van der Waals surface area contributed by atoms with Gasteiger partial charge in [0.1, 0.15) is 5.91 Å². The van der Waals surface area contributed by atoms with Gasteiger partial charge in [0.05, 0.1) is 9.52 Å². The lowest BCUT2D eigenvalue weighted by Gasteiger charge is -2.12. The van der Waals surface area contributed by atoms with Gasteiger partial charge < -0.3 is 20.5 Å². The number of benzene rings is 1. The molecule has 0 atom stereocenters. The molecule has 0 aliphatic rings. The van der Waals surface area contributed by atoms with Gasteiger partial charge in [-0.2, -0.15) is 0 Å². The van der Waals surface area contributed by atoms with E-state index in [1.165, 1.54) is 6.04 Å². The van der Waals surface area contributed by atoms with Gasteiger partial charge in [-0.1, -0.05) is 6.04 Å². The van der Waals surface area contributed by atoms with Crippen LogP contribution in [0.3, 0.4) is 0 Å². The Bertz CT molecular complexity index is 302. The van der Waals surface area contributed by atoms with Crippen LogP contribution in [0.4, 0.5) is 11.4 Å². The van der Waals surface area contributed by atoms with Gasteiger partial charge in [0.2, 0.25) is 0 Å². The van der Waals surface area contributed by atoms with Crippen molar-refractivity contribution in [2.75, 3.05) is 31.8 Å². The topological polar surface area (TPSA) is 56.5 Å². The van der Waals surface area contributed by atoms with Crippen LogP contribution in [-0.4, -0.2) is 36.2 Å². The molecule has 5 heteroatoms. The third-order valence-electron chi connectivity index (χ3n) is 2.63. The number of nitrogens with two attached hydrogens (primary N) is 1. The van der Waals surface area contributed by atoms with E-state index < -0.39 is 0 Å². The number of nitrogens with one attached hydrogen (secondary N) is 1. The van der Waals surface area contributed by atoms with Crippen molar-refractivity contribution in [2.45, 2.75) is 18.4 Å². The van der Waals surface area contributed by atoms with Crippen LogP contribution < -0.4 is 11.1 Å². The summed E-state index contributed by atoms with van der Waals surface area (Å²) in [5, 5.41) is 3.37. The molecule has 0 radical (unpaired) electrons. The Hall–Kier alpha value is -1.04. The molecule has 0 spiro atoms. The second kappa shape index (κ2) is 8.11. The van der Waals surface area contributed by atoms with E-state index in [2.05, 4.69) is 5.32 Å². The van der Waals surface area contributed by atoms with E-state index in [1.54, 1.807) is 14.2 Å². The second-order valence-corrected chi connectivity index (χ2v) is 5.90. The molecule has 0 fully saturated rings. The molecule has 4 nitrogen and oxygen atoms in total. The first-order valence-corrected chi connectivity index (χ1v) is 7.73. The largest absolute Gasteiger partial charge is 0.399 e. The van der Waals surface area contributed by atoms with Gasteiger partial charge in [0, 0.05) is 32.1 Å². The van der Waals surface area contributed by atoms with Crippen LogP contribution in [0, 0.1) is 0 Å². The van der Waals surface area contributed by atoms with Gasteiger partial charge in [0.25, 0.3) is 0 Å². The van der Waals surface area contributed by atoms with Gasteiger partial charge in [0.15, 0.2) is 0 Å². The van der Waals surface area contributed by atoms with Crippen LogP contribution in [0.5, 0.6) is 0 Å². The van der Waals surface area contributed by atoms with Crippen LogP contribution >= 0.6 is 0 Å². The zero-order valence-corrected chi connectivity index (χ0v) is 12.0. The van der Waals surface area contributed by atoms with Crippen LogP contribution in [0.2, 0.25) is 6.04 Å². The minimum atomic E-state index is -0.286. The number of hydrogen-bond donors (Lipinski definition) is 2. The Morgan fingerprint density at radius 1 is 1.24 bits per heavy atom. The quantitative estimate of drug-likeness (QED) is 0.317. The zero-order valence-electron chi connectivity index (χ0n) is 10.6. The number of methoxy groups -OCH3 is 2. The maximum absolute atomic E-state index is 5.62. The Kier molecular flexibility index (Phi) is 6.69. The van der Waals surface area contributed by atoms with Crippen LogP contribution in [-0.2, 0) is 9.47 Å². The number of anilines is 2. The first-order chi connectivity index (χ1) is 8.26. The first kappa shape index (κ1) is 14.0. The molecule has 1 aromatic rings. The van der Waals surface area contributed by atoms with Gasteiger partial charge in [-0.15, -0.1) is 0 Å². The fourth-order valence-corrected chi connectivity index (χ4v) is 2.95. The lowest BCUT2D eigenvalue weighted by atomic mass is 10.3. The highest BCUT2D eigenvalue weighted by Crippen LogP contribution is 2.10. The van der Waals surface area contributed by atoms with Crippen LogP contribution in [0.1, 0.15) is 6.42 Å². The Labute approximate surface area is 105 Å². The summed E-state index contributed by atoms with van der Waals surface area (Å²) in [5.41, 5.74) is 7.54. The lowest BCUT2D eigenvalue weighted by Crippen LogP contribution is -2.21. The normalized spacial score (nSPS) is 11.5. The van der Waals surface area contributed by atoms with Crippen molar-refractivity contribution < 1.29 is 9.47 Å². The van der Waals surface area contributed by atoms with Crippen molar-refractivity contribution >= 4 is 20.9 Å². The number of hydrogen-bond acceptors (Lipinski definition) is 4. The maximum atomic E-state index is 5.62. The summed E-state index contributed by atoms with van der Waals surface area (Å²) in [5.74, 6) is 0.0616. The van der Waals surface area contributed by atoms with Crippen molar-refractivity contribution in [1.29, 1.82) is 0 Å². The maximum Gasteiger partial charge on any atom is 0.134 e. The number of ether oxygens (including phenoxy) is 2. The molecular formula is C12H22N2O2Si. The highest BCUT2D eigenvalue weighted by Gasteiger charge is 2.04. The van der Waals surface area contributed by atoms with Crippen molar-refractivity contribution in [3.05, 3.63) is 24.3 Å². The molecule has 0 bridgehead atoms. The van der Waals surface area contributed by atoms with E-state index in [0.717, 1.165) is 24.3 Å². The molecule has 0 aliphatic carbocycles. The molecule has 3 N–H and O–H groups in total. The molecule has 0 aromatic heterocycles. The van der Waals surface area contributed by atoms with Gasteiger partial charge in [-0.3, -0.25) is 0 Å². The summed E-state index contributed by atoms with van der Waals surface area (Å²) in [6, 6.07) is 9.03. The number of nitrogen functional groups attached to an aromatic ring is 1. The highest BCUT2D eigenvalue weighted by atomic mass is 28.2. The molecule has 0 heterocycles. The molecule has 1 rings (SSSR count). The third kappa shape index (κ3) is 5.72. The molecule has 17 heavy (non-hydrogen) atoms. The van der Waals surface area contributed by atoms with Gasteiger partial charge in [-0.25, -0.2) is 0 Å². The highest BCUT2D eigenvalue weighted by molar-refractivity contribution is 6.36. The summed E-state index contributed by atoms with van der Waals surface area (Å²) in [6.07, 6.45) is 1.15. The predicted octanol–water partition coefficient (Wildman–Crippen LogP) is 1.23. The first-order valence-electron chi connectivity index (χ1n) is 5.91. The van der Waals surface area contributed by atoms with E-state index in [-0.39, 0.29) is 15.4 Å². The molecule has 96 valence electrons. The van der Waals surface area contributed by atoms with Crippen molar-refractivity contribution in [3.63, 3.8) is 0 Å². The van der Waals surface area contributed by atoms with E-state index in [4.69, 9.17) is 15.2 Å². The summed E-state index contributed by atoms with van der Waals surface area (Å²) >= 11 is 0. The minimum Gasteiger partial charge on any atom is -0.399 e. The summed E-state index contributed by atoms with van der Waals surface area (Å²) in [7, 11) is 3.12.